The Morgan fingerprint density at radius 2 is 2.13 bits per heavy atom. The highest BCUT2D eigenvalue weighted by Gasteiger charge is 2.38. The fourth-order valence-corrected chi connectivity index (χ4v) is 3.94. The van der Waals surface area contributed by atoms with Gasteiger partial charge in [-0.15, -0.1) is 6.58 Å². The van der Waals surface area contributed by atoms with E-state index in [1.165, 1.54) is 0 Å². The quantitative estimate of drug-likeness (QED) is 0.722. The van der Waals surface area contributed by atoms with E-state index < -0.39 is 0 Å². The predicted molar refractivity (Wildman–Crippen MR) is 91.2 cm³/mol. The summed E-state index contributed by atoms with van der Waals surface area (Å²) < 4.78 is 5.12. The van der Waals surface area contributed by atoms with Crippen LogP contribution in [0, 0.1) is 11.3 Å². The average molecular weight is 324 g/mol. The zero-order valence-electron chi connectivity index (χ0n) is 14.5. The van der Waals surface area contributed by atoms with Crippen LogP contribution in [-0.2, 0) is 9.53 Å². The van der Waals surface area contributed by atoms with Crippen LogP contribution < -0.4 is 0 Å². The molecule has 2 heterocycles. The lowest BCUT2D eigenvalue weighted by atomic mass is 9.77. The van der Waals surface area contributed by atoms with Gasteiger partial charge in [0.25, 0.3) is 0 Å². The fourth-order valence-electron chi connectivity index (χ4n) is 3.94. The maximum atomic E-state index is 12.9. The van der Waals surface area contributed by atoms with Gasteiger partial charge in [-0.25, -0.2) is 0 Å². The number of piperidine rings is 2. The molecule has 0 aromatic rings. The van der Waals surface area contributed by atoms with Gasteiger partial charge < -0.3 is 19.6 Å². The molecular weight excluding hydrogens is 292 g/mol. The lowest BCUT2D eigenvalue weighted by Gasteiger charge is -2.43. The summed E-state index contributed by atoms with van der Waals surface area (Å²) in [6, 6.07) is 0. The van der Waals surface area contributed by atoms with Gasteiger partial charge in [0.15, 0.2) is 0 Å². The fraction of sp³-hybridized carbons (Fsp3) is 0.833. The Morgan fingerprint density at radius 3 is 2.74 bits per heavy atom. The summed E-state index contributed by atoms with van der Waals surface area (Å²) in [5, 5.41) is 9.80. The molecule has 1 N–H and O–H groups in total. The van der Waals surface area contributed by atoms with Crippen LogP contribution in [0.3, 0.4) is 0 Å². The van der Waals surface area contributed by atoms with Gasteiger partial charge in [0, 0.05) is 38.1 Å². The molecule has 0 spiro atoms. The molecular formula is C18H32N2O3. The van der Waals surface area contributed by atoms with Gasteiger partial charge in [-0.3, -0.25) is 4.79 Å². The van der Waals surface area contributed by atoms with E-state index in [-0.39, 0.29) is 23.8 Å². The van der Waals surface area contributed by atoms with Crippen molar-refractivity contribution in [1.29, 1.82) is 0 Å². The summed E-state index contributed by atoms with van der Waals surface area (Å²) in [5.74, 6) is 0.435. The first-order valence-corrected chi connectivity index (χ1v) is 8.86. The van der Waals surface area contributed by atoms with E-state index in [1.807, 2.05) is 11.0 Å². The maximum Gasteiger partial charge on any atom is 0.225 e. The minimum Gasteiger partial charge on any atom is -0.396 e. The lowest BCUT2D eigenvalue weighted by Crippen LogP contribution is -2.51. The molecule has 0 bridgehead atoms. The largest absolute Gasteiger partial charge is 0.396 e. The number of rotatable bonds is 7. The topological polar surface area (TPSA) is 53.0 Å². The van der Waals surface area contributed by atoms with E-state index in [2.05, 4.69) is 11.5 Å². The summed E-state index contributed by atoms with van der Waals surface area (Å²) in [5.41, 5.74) is -0.172. The molecule has 5 heteroatoms. The van der Waals surface area contributed by atoms with Crippen molar-refractivity contribution in [3.8, 4) is 0 Å². The minimum absolute atomic E-state index is 0.137. The Kier molecular flexibility index (Phi) is 7.06. The summed E-state index contributed by atoms with van der Waals surface area (Å²) in [7, 11) is 1.73. The van der Waals surface area contributed by atoms with Crippen molar-refractivity contribution in [3.05, 3.63) is 12.7 Å². The van der Waals surface area contributed by atoms with Crippen molar-refractivity contribution in [3.63, 3.8) is 0 Å². The average Bonchev–Trinajstić information content (AvgIpc) is 2.60. The van der Waals surface area contributed by atoms with Gasteiger partial charge in [0.1, 0.15) is 0 Å². The minimum atomic E-state index is -0.172. The highest BCUT2D eigenvalue weighted by Crippen LogP contribution is 2.34. The van der Waals surface area contributed by atoms with Gasteiger partial charge in [-0.2, -0.15) is 0 Å². The summed E-state index contributed by atoms with van der Waals surface area (Å²) in [4.78, 5) is 17.2. The first-order valence-electron chi connectivity index (χ1n) is 8.86. The second-order valence-electron chi connectivity index (χ2n) is 7.12. The Balaban J connectivity index is 1.87. The van der Waals surface area contributed by atoms with Crippen LogP contribution >= 0.6 is 0 Å². The molecule has 0 aliphatic carbocycles. The second kappa shape index (κ2) is 8.81. The molecule has 1 amide bonds. The van der Waals surface area contributed by atoms with Crippen LogP contribution in [0.4, 0.5) is 0 Å². The number of likely N-dealkylation sites (tertiary alicyclic amines) is 2. The van der Waals surface area contributed by atoms with Gasteiger partial charge in [-0.05, 0) is 45.2 Å². The molecule has 2 aliphatic rings. The highest BCUT2D eigenvalue weighted by molar-refractivity contribution is 5.79. The van der Waals surface area contributed by atoms with Crippen LogP contribution in [0.25, 0.3) is 0 Å². The molecule has 0 unspecified atom stereocenters. The van der Waals surface area contributed by atoms with E-state index >= 15 is 0 Å². The Labute approximate surface area is 140 Å². The van der Waals surface area contributed by atoms with Crippen molar-refractivity contribution >= 4 is 5.91 Å². The van der Waals surface area contributed by atoms with Crippen molar-refractivity contribution in [2.24, 2.45) is 11.3 Å². The third kappa shape index (κ3) is 4.78. The van der Waals surface area contributed by atoms with Crippen LogP contribution in [-0.4, -0.2) is 73.9 Å². The zero-order valence-corrected chi connectivity index (χ0v) is 14.5. The van der Waals surface area contributed by atoms with Gasteiger partial charge in [0.05, 0.1) is 13.2 Å². The number of allylic oxidation sites excluding steroid dienone is 1. The van der Waals surface area contributed by atoms with Crippen LogP contribution in [0.15, 0.2) is 12.7 Å². The molecule has 5 nitrogen and oxygen atoms in total. The van der Waals surface area contributed by atoms with E-state index in [9.17, 15) is 9.90 Å². The monoisotopic (exact) mass is 324 g/mol. The number of carbonyl (C=O) groups is 1. The van der Waals surface area contributed by atoms with E-state index in [0.29, 0.717) is 6.54 Å². The standard InChI is InChI=1S/C18H32N2O3/c1-3-7-18(15-21)8-4-9-20(14-18)17(22)16-5-10-19(11-6-16)12-13-23-2/h3,16,21H,1,4-15H2,2H3/t18-/m0/s1. The van der Waals surface area contributed by atoms with Gasteiger partial charge >= 0.3 is 0 Å². The van der Waals surface area contributed by atoms with E-state index in [4.69, 9.17) is 4.74 Å². The molecule has 2 rings (SSSR count). The molecule has 132 valence electrons. The maximum absolute atomic E-state index is 12.9. The normalized spacial score (nSPS) is 27.1. The number of ether oxygens (including phenoxy) is 1. The highest BCUT2D eigenvalue weighted by atomic mass is 16.5. The number of hydrogen-bond donors (Lipinski definition) is 1. The van der Waals surface area contributed by atoms with Crippen molar-refractivity contribution in [1.82, 2.24) is 9.80 Å². The molecule has 2 saturated heterocycles. The lowest BCUT2D eigenvalue weighted by molar-refractivity contribution is -0.141. The summed E-state index contributed by atoms with van der Waals surface area (Å²) in [6.45, 7) is 9.12. The van der Waals surface area contributed by atoms with Crippen LogP contribution in [0.1, 0.15) is 32.1 Å². The van der Waals surface area contributed by atoms with Gasteiger partial charge in [-0.1, -0.05) is 6.08 Å². The van der Waals surface area contributed by atoms with Crippen LogP contribution in [0.5, 0.6) is 0 Å². The summed E-state index contributed by atoms with van der Waals surface area (Å²) >= 11 is 0. The van der Waals surface area contributed by atoms with Crippen LogP contribution in [0.2, 0.25) is 0 Å². The van der Waals surface area contributed by atoms with E-state index in [1.54, 1.807) is 7.11 Å². The number of aliphatic hydroxyl groups is 1. The number of hydrogen-bond acceptors (Lipinski definition) is 4. The Morgan fingerprint density at radius 1 is 1.39 bits per heavy atom. The smallest absolute Gasteiger partial charge is 0.225 e. The molecule has 2 fully saturated rings. The molecule has 0 radical (unpaired) electrons. The summed E-state index contributed by atoms with van der Waals surface area (Å²) in [6.07, 6.45) is 6.49. The zero-order chi connectivity index (χ0) is 16.7. The molecule has 0 aromatic carbocycles. The van der Waals surface area contributed by atoms with Crippen molar-refractivity contribution in [2.75, 3.05) is 53.0 Å². The van der Waals surface area contributed by atoms with Gasteiger partial charge in [0.2, 0.25) is 5.91 Å². The van der Waals surface area contributed by atoms with E-state index in [0.717, 1.165) is 64.9 Å². The first kappa shape index (κ1) is 18.4. The third-order valence-corrected chi connectivity index (χ3v) is 5.43. The van der Waals surface area contributed by atoms with Crippen molar-refractivity contribution in [2.45, 2.75) is 32.1 Å². The predicted octanol–water partition coefficient (Wildman–Crippen LogP) is 1.52. The number of carbonyl (C=O) groups excluding carboxylic acids is 1. The third-order valence-electron chi connectivity index (χ3n) is 5.43. The number of methoxy groups -OCH3 is 1. The first-order chi connectivity index (χ1) is 11.1. The molecule has 23 heavy (non-hydrogen) atoms. The SMILES string of the molecule is C=CC[C@]1(CO)CCCN(C(=O)C2CCN(CCOC)CC2)C1. The number of aliphatic hydroxyl groups excluding tert-OH is 1. The Bertz CT molecular complexity index is 394. The molecule has 0 aromatic heterocycles. The molecule has 0 saturated carbocycles. The second-order valence-corrected chi connectivity index (χ2v) is 7.12. The Hall–Kier alpha value is -0.910. The molecule has 2 aliphatic heterocycles. The number of nitrogens with zero attached hydrogens (tertiary/aromatic N) is 2. The number of amides is 1. The molecule has 1 atom stereocenters. The van der Waals surface area contributed by atoms with Crippen molar-refractivity contribution < 1.29 is 14.6 Å².